The van der Waals surface area contributed by atoms with Crippen LogP contribution in [0.2, 0.25) is 0 Å². The van der Waals surface area contributed by atoms with E-state index in [2.05, 4.69) is 61.3 Å². The van der Waals surface area contributed by atoms with Crippen molar-refractivity contribution in [2.24, 2.45) is 0 Å². The van der Waals surface area contributed by atoms with Crippen molar-refractivity contribution in [2.45, 2.75) is 19.3 Å². The summed E-state index contributed by atoms with van der Waals surface area (Å²) in [6, 6.07) is 22.9. The highest BCUT2D eigenvalue weighted by Gasteiger charge is 2.37. The maximum absolute atomic E-state index is 6.31. The Bertz CT molecular complexity index is 1280. The summed E-state index contributed by atoms with van der Waals surface area (Å²) < 4.78 is 12.6. The molecule has 0 spiro atoms. The highest BCUT2D eigenvalue weighted by atomic mass is 16.6. The van der Waals surface area contributed by atoms with Gasteiger partial charge in [0.25, 0.3) is 0 Å². The van der Waals surface area contributed by atoms with Gasteiger partial charge in [0.1, 0.15) is 0 Å². The molecule has 29 heavy (non-hydrogen) atoms. The van der Waals surface area contributed by atoms with Gasteiger partial charge in [0.15, 0.2) is 23.0 Å². The first-order chi connectivity index (χ1) is 14.1. The molecule has 3 nitrogen and oxygen atoms in total. The highest BCUT2D eigenvalue weighted by molar-refractivity contribution is 5.83. The molecule has 0 fully saturated rings. The van der Waals surface area contributed by atoms with Gasteiger partial charge in [-0.3, -0.25) is 4.98 Å². The summed E-state index contributed by atoms with van der Waals surface area (Å²) in [6.45, 7) is 4.53. The maximum Gasteiger partial charge on any atom is 0.170 e. The fourth-order valence-electron chi connectivity index (χ4n) is 4.50. The lowest BCUT2D eigenvalue weighted by Gasteiger charge is -2.25. The summed E-state index contributed by atoms with van der Waals surface area (Å²) in [5.41, 5.74) is 7.23. The molecule has 1 aliphatic heterocycles. The molecular weight excluding hydrogens is 358 g/mol. The van der Waals surface area contributed by atoms with Gasteiger partial charge in [0.2, 0.25) is 0 Å². The second-order valence-corrected chi connectivity index (χ2v) is 8.12. The lowest BCUT2D eigenvalue weighted by atomic mass is 9.82. The molecule has 4 aromatic rings. The minimum Gasteiger partial charge on any atom is -0.450 e. The van der Waals surface area contributed by atoms with Gasteiger partial charge in [0, 0.05) is 17.8 Å². The number of aromatic nitrogens is 1. The van der Waals surface area contributed by atoms with Crippen LogP contribution in [0.1, 0.15) is 25.0 Å². The quantitative estimate of drug-likeness (QED) is 0.317. The number of fused-ring (bicyclic) bond motifs is 5. The number of hydrogen-bond donors (Lipinski definition) is 0. The molecule has 6 rings (SSSR count). The number of pyridine rings is 1. The summed E-state index contributed by atoms with van der Waals surface area (Å²) in [7, 11) is 0. The minimum atomic E-state index is -0.0597. The third kappa shape index (κ3) is 2.34. The van der Waals surface area contributed by atoms with Crippen LogP contribution in [0.25, 0.3) is 22.3 Å². The van der Waals surface area contributed by atoms with Crippen LogP contribution in [-0.2, 0) is 5.41 Å². The van der Waals surface area contributed by atoms with E-state index in [0.29, 0.717) is 0 Å². The normalized spacial score (nSPS) is 14.7. The van der Waals surface area contributed by atoms with Gasteiger partial charge < -0.3 is 9.47 Å². The summed E-state index contributed by atoms with van der Waals surface area (Å²) in [6.07, 6.45) is 3.59. The van der Waals surface area contributed by atoms with Gasteiger partial charge in [-0.25, -0.2) is 0 Å². The molecular formula is C26H19NO2. The van der Waals surface area contributed by atoms with Gasteiger partial charge in [-0.1, -0.05) is 44.2 Å². The molecule has 0 saturated heterocycles. The lowest BCUT2D eigenvalue weighted by molar-refractivity contribution is 0.359. The van der Waals surface area contributed by atoms with Crippen molar-refractivity contribution in [1.82, 2.24) is 4.98 Å². The van der Waals surface area contributed by atoms with Crippen LogP contribution >= 0.6 is 0 Å². The first-order valence-electron chi connectivity index (χ1n) is 9.80. The van der Waals surface area contributed by atoms with E-state index in [0.717, 1.165) is 34.1 Å². The predicted octanol–water partition coefficient (Wildman–Crippen LogP) is 6.95. The Morgan fingerprint density at radius 1 is 0.621 bits per heavy atom. The van der Waals surface area contributed by atoms with Crippen molar-refractivity contribution in [1.29, 1.82) is 0 Å². The molecule has 0 unspecified atom stereocenters. The standard InChI is InChI=1S/C26H19NO2/c1-26(2)20-6-4-3-5-18(20)19-14-24-25(15-21(19)26)28-22-8-7-17(13-23(22)29-24)16-9-11-27-12-10-16/h3-15H,1-2H3. The zero-order valence-corrected chi connectivity index (χ0v) is 16.3. The Hall–Kier alpha value is -3.59. The second kappa shape index (κ2) is 5.71. The average molecular weight is 377 g/mol. The Morgan fingerprint density at radius 2 is 1.34 bits per heavy atom. The van der Waals surface area contributed by atoms with Gasteiger partial charge in [-0.2, -0.15) is 0 Å². The minimum absolute atomic E-state index is 0.0597. The molecule has 0 amide bonds. The van der Waals surface area contributed by atoms with E-state index < -0.39 is 0 Å². The lowest BCUT2D eigenvalue weighted by Crippen LogP contribution is -2.15. The van der Waals surface area contributed by atoms with E-state index in [9.17, 15) is 0 Å². The topological polar surface area (TPSA) is 31.4 Å². The molecule has 3 aromatic carbocycles. The van der Waals surface area contributed by atoms with Crippen LogP contribution < -0.4 is 9.47 Å². The van der Waals surface area contributed by atoms with Crippen LogP contribution in [0.15, 0.2) is 79.1 Å². The Kier molecular flexibility index (Phi) is 3.22. The predicted molar refractivity (Wildman–Crippen MR) is 114 cm³/mol. The van der Waals surface area contributed by atoms with E-state index in [1.165, 1.54) is 22.3 Å². The Morgan fingerprint density at radius 3 is 2.21 bits per heavy atom. The van der Waals surface area contributed by atoms with Crippen molar-refractivity contribution in [2.75, 3.05) is 0 Å². The number of nitrogens with zero attached hydrogens (tertiary/aromatic N) is 1. The molecule has 0 radical (unpaired) electrons. The summed E-state index contributed by atoms with van der Waals surface area (Å²) in [4.78, 5) is 4.10. The molecule has 3 heteroatoms. The van der Waals surface area contributed by atoms with Crippen LogP contribution in [0, 0.1) is 0 Å². The summed E-state index contributed by atoms with van der Waals surface area (Å²) >= 11 is 0. The third-order valence-corrected chi connectivity index (χ3v) is 6.05. The molecule has 0 atom stereocenters. The molecule has 0 N–H and O–H groups in total. The summed E-state index contributed by atoms with van der Waals surface area (Å²) in [5, 5.41) is 0. The van der Waals surface area contributed by atoms with Crippen molar-refractivity contribution >= 4 is 0 Å². The van der Waals surface area contributed by atoms with E-state index in [1.54, 1.807) is 12.4 Å². The number of hydrogen-bond acceptors (Lipinski definition) is 3. The van der Waals surface area contributed by atoms with Gasteiger partial charge in [0.05, 0.1) is 0 Å². The van der Waals surface area contributed by atoms with Crippen LogP contribution in [0.4, 0.5) is 0 Å². The largest absolute Gasteiger partial charge is 0.450 e. The van der Waals surface area contributed by atoms with Gasteiger partial charge in [-0.15, -0.1) is 0 Å². The molecule has 2 heterocycles. The second-order valence-electron chi connectivity index (χ2n) is 8.12. The van der Waals surface area contributed by atoms with Crippen LogP contribution in [0.5, 0.6) is 23.0 Å². The van der Waals surface area contributed by atoms with Crippen molar-refractivity contribution in [3.63, 3.8) is 0 Å². The maximum atomic E-state index is 6.31. The molecule has 2 aliphatic rings. The zero-order valence-electron chi connectivity index (χ0n) is 16.3. The van der Waals surface area contributed by atoms with E-state index in [-0.39, 0.29) is 5.41 Å². The van der Waals surface area contributed by atoms with Crippen molar-refractivity contribution in [3.05, 3.63) is 90.3 Å². The molecule has 0 bridgehead atoms. The first-order valence-corrected chi connectivity index (χ1v) is 9.80. The highest BCUT2D eigenvalue weighted by Crippen LogP contribution is 2.55. The third-order valence-electron chi connectivity index (χ3n) is 6.05. The molecule has 0 saturated carbocycles. The SMILES string of the molecule is CC1(C)c2ccccc2-c2cc3c(cc21)Oc1ccc(-c2ccncc2)cc1O3. The number of benzene rings is 3. The van der Waals surface area contributed by atoms with Gasteiger partial charge in [-0.05, 0) is 69.8 Å². The fourth-order valence-corrected chi connectivity index (χ4v) is 4.50. The van der Waals surface area contributed by atoms with Gasteiger partial charge >= 0.3 is 0 Å². The van der Waals surface area contributed by atoms with E-state index >= 15 is 0 Å². The first kappa shape index (κ1) is 16.4. The van der Waals surface area contributed by atoms with E-state index in [4.69, 9.17) is 9.47 Å². The molecule has 1 aliphatic carbocycles. The number of rotatable bonds is 1. The van der Waals surface area contributed by atoms with Crippen molar-refractivity contribution in [3.8, 4) is 45.3 Å². The smallest absolute Gasteiger partial charge is 0.170 e. The zero-order chi connectivity index (χ0) is 19.6. The van der Waals surface area contributed by atoms with Crippen LogP contribution in [0.3, 0.4) is 0 Å². The summed E-state index contributed by atoms with van der Waals surface area (Å²) in [5.74, 6) is 3.00. The molecule has 140 valence electrons. The molecule has 1 aromatic heterocycles. The van der Waals surface area contributed by atoms with E-state index in [1.807, 2.05) is 24.3 Å². The average Bonchev–Trinajstić information content (AvgIpc) is 2.98. The monoisotopic (exact) mass is 377 g/mol. The fraction of sp³-hybridized carbons (Fsp3) is 0.115. The Labute approximate surface area is 169 Å². The van der Waals surface area contributed by atoms with Crippen LogP contribution in [-0.4, -0.2) is 4.98 Å². The van der Waals surface area contributed by atoms with Crippen molar-refractivity contribution < 1.29 is 9.47 Å². The number of ether oxygens (including phenoxy) is 2. The Balaban J connectivity index is 1.46.